The van der Waals surface area contributed by atoms with Crippen LogP contribution in [-0.4, -0.2) is 23.3 Å². The summed E-state index contributed by atoms with van der Waals surface area (Å²) in [4.78, 5) is 16.3. The van der Waals surface area contributed by atoms with Crippen molar-refractivity contribution in [2.45, 2.75) is 27.3 Å². The fourth-order valence-electron chi connectivity index (χ4n) is 3.07. The summed E-state index contributed by atoms with van der Waals surface area (Å²) in [7, 11) is 1.37. The maximum absolute atomic E-state index is 13.6. The summed E-state index contributed by atoms with van der Waals surface area (Å²) in [5, 5.41) is 3.15. The minimum absolute atomic E-state index is 0.0405. The number of ether oxygens (including phenoxy) is 2. The Labute approximate surface area is 173 Å². The fraction of sp³-hybridized carbons (Fsp3) is 0.273. The summed E-state index contributed by atoms with van der Waals surface area (Å²) >= 11 is 0. The van der Waals surface area contributed by atoms with Crippen molar-refractivity contribution in [3.8, 4) is 11.5 Å². The molecule has 0 aliphatic heterocycles. The third-order valence-corrected chi connectivity index (χ3v) is 4.59. The number of anilines is 2. The number of nitrogens with zero attached hydrogens (tertiary/aromatic N) is 2. The molecule has 0 saturated carbocycles. The lowest BCUT2D eigenvalue weighted by molar-refractivity contribution is 0.338. The van der Waals surface area contributed by atoms with Gasteiger partial charge in [0.2, 0.25) is 11.7 Å². The maximum Gasteiger partial charge on any atom is 0.316 e. The summed E-state index contributed by atoms with van der Waals surface area (Å²) in [6.07, 6.45) is 1.48. The van der Waals surface area contributed by atoms with E-state index in [1.807, 2.05) is 32.9 Å². The summed E-state index contributed by atoms with van der Waals surface area (Å²) < 4.78 is 39.3. The molecule has 0 radical (unpaired) electrons. The van der Waals surface area contributed by atoms with Crippen LogP contribution in [0.3, 0.4) is 0 Å². The van der Waals surface area contributed by atoms with E-state index in [0.717, 1.165) is 23.3 Å². The molecule has 158 valence electrons. The zero-order valence-electron chi connectivity index (χ0n) is 17.3. The van der Waals surface area contributed by atoms with Crippen molar-refractivity contribution >= 4 is 11.6 Å². The van der Waals surface area contributed by atoms with Crippen LogP contribution in [0.25, 0.3) is 0 Å². The molecule has 0 aliphatic carbocycles. The van der Waals surface area contributed by atoms with Crippen LogP contribution in [0.4, 0.5) is 20.4 Å². The first-order valence-electron chi connectivity index (χ1n) is 9.42. The molecule has 8 heteroatoms. The fourth-order valence-corrected chi connectivity index (χ4v) is 3.07. The molecular formula is C22H23F2N3O3. The lowest BCUT2D eigenvalue weighted by Gasteiger charge is -2.18. The van der Waals surface area contributed by atoms with E-state index in [1.165, 1.54) is 19.4 Å². The van der Waals surface area contributed by atoms with Gasteiger partial charge in [-0.25, -0.2) is 8.78 Å². The van der Waals surface area contributed by atoms with Crippen LogP contribution in [-0.2, 0) is 6.54 Å². The monoisotopic (exact) mass is 415 g/mol. The number of methoxy groups -OCH3 is 1. The maximum atomic E-state index is 13.6. The Morgan fingerprint density at radius 1 is 1.07 bits per heavy atom. The Balaban J connectivity index is 2.03. The summed E-state index contributed by atoms with van der Waals surface area (Å²) in [6.45, 7) is 6.44. The Kier molecular flexibility index (Phi) is 6.34. The van der Waals surface area contributed by atoms with Gasteiger partial charge in [0.15, 0.2) is 11.6 Å². The van der Waals surface area contributed by atoms with Crippen LogP contribution in [0.5, 0.6) is 11.5 Å². The lowest BCUT2D eigenvalue weighted by atomic mass is 10.1. The average molecular weight is 415 g/mol. The van der Waals surface area contributed by atoms with Crippen molar-refractivity contribution < 1.29 is 18.3 Å². The first-order valence-corrected chi connectivity index (χ1v) is 9.42. The Bertz CT molecular complexity index is 1130. The van der Waals surface area contributed by atoms with E-state index in [-0.39, 0.29) is 18.2 Å². The second-order valence-corrected chi connectivity index (χ2v) is 6.81. The zero-order chi connectivity index (χ0) is 21.8. The Morgan fingerprint density at radius 3 is 2.50 bits per heavy atom. The number of aromatic nitrogens is 2. The SMILES string of the molecule is CCOc1cc(Nc2nc(=O)c(OC)cn2Cc2ccc(F)c(F)c2)c(C)cc1C. The molecule has 30 heavy (non-hydrogen) atoms. The molecule has 3 rings (SSSR count). The van der Waals surface area contributed by atoms with E-state index >= 15 is 0 Å². The smallest absolute Gasteiger partial charge is 0.316 e. The zero-order valence-corrected chi connectivity index (χ0v) is 17.3. The van der Waals surface area contributed by atoms with Gasteiger partial charge in [-0.2, -0.15) is 4.98 Å². The predicted molar refractivity (Wildman–Crippen MR) is 111 cm³/mol. The number of aryl methyl sites for hydroxylation is 2. The number of benzene rings is 2. The third kappa shape index (κ3) is 4.59. The van der Waals surface area contributed by atoms with E-state index in [4.69, 9.17) is 9.47 Å². The Morgan fingerprint density at radius 2 is 1.83 bits per heavy atom. The predicted octanol–water partition coefficient (Wildman–Crippen LogP) is 4.34. The highest BCUT2D eigenvalue weighted by Crippen LogP contribution is 2.29. The van der Waals surface area contributed by atoms with Gasteiger partial charge in [0.05, 0.1) is 26.5 Å². The van der Waals surface area contributed by atoms with Gasteiger partial charge in [0.25, 0.3) is 0 Å². The van der Waals surface area contributed by atoms with Crippen LogP contribution in [0.15, 0.2) is 41.3 Å². The minimum Gasteiger partial charge on any atom is -0.494 e. The quantitative estimate of drug-likeness (QED) is 0.622. The number of halogens is 2. The van der Waals surface area contributed by atoms with E-state index in [2.05, 4.69) is 10.3 Å². The molecule has 0 aliphatic rings. The van der Waals surface area contributed by atoms with Gasteiger partial charge in [0.1, 0.15) is 5.75 Å². The molecule has 1 N–H and O–H groups in total. The molecule has 1 heterocycles. The highest BCUT2D eigenvalue weighted by molar-refractivity contribution is 5.63. The normalized spacial score (nSPS) is 10.7. The molecule has 6 nitrogen and oxygen atoms in total. The number of nitrogens with one attached hydrogen (secondary N) is 1. The second-order valence-electron chi connectivity index (χ2n) is 6.81. The van der Waals surface area contributed by atoms with Crippen molar-refractivity contribution in [1.82, 2.24) is 9.55 Å². The summed E-state index contributed by atoms with van der Waals surface area (Å²) in [5.74, 6) is -0.877. The van der Waals surface area contributed by atoms with Crippen LogP contribution >= 0.6 is 0 Å². The highest BCUT2D eigenvalue weighted by Gasteiger charge is 2.13. The van der Waals surface area contributed by atoms with Gasteiger partial charge in [-0.1, -0.05) is 12.1 Å². The molecule has 0 fully saturated rings. The van der Waals surface area contributed by atoms with Gasteiger partial charge in [-0.15, -0.1) is 0 Å². The van der Waals surface area contributed by atoms with Crippen molar-refractivity contribution in [2.24, 2.45) is 0 Å². The molecule has 1 aromatic heterocycles. The highest BCUT2D eigenvalue weighted by atomic mass is 19.2. The molecule has 0 saturated heterocycles. The van der Waals surface area contributed by atoms with Crippen molar-refractivity contribution in [2.75, 3.05) is 19.0 Å². The van der Waals surface area contributed by atoms with Crippen molar-refractivity contribution in [3.05, 3.63) is 75.2 Å². The first kappa shape index (κ1) is 21.3. The van der Waals surface area contributed by atoms with E-state index in [1.54, 1.807) is 4.57 Å². The number of rotatable bonds is 7. The number of hydrogen-bond donors (Lipinski definition) is 1. The van der Waals surface area contributed by atoms with E-state index < -0.39 is 17.2 Å². The topological polar surface area (TPSA) is 65.4 Å². The second kappa shape index (κ2) is 8.94. The van der Waals surface area contributed by atoms with Gasteiger partial charge in [-0.3, -0.25) is 4.79 Å². The van der Waals surface area contributed by atoms with Gasteiger partial charge < -0.3 is 19.4 Å². The molecule has 0 spiro atoms. The average Bonchev–Trinajstić information content (AvgIpc) is 2.70. The van der Waals surface area contributed by atoms with Gasteiger partial charge >= 0.3 is 5.56 Å². The molecule has 3 aromatic rings. The molecule has 2 aromatic carbocycles. The Hall–Kier alpha value is -3.42. The molecule has 0 unspecified atom stereocenters. The molecular weight excluding hydrogens is 392 g/mol. The van der Waals surface area contributed by atoms with E-state index in [9.17, 15) is 13.6 Å². The first-order chi connectivity index (χ1) is 14.3. The minimum atomic E-state index is -0.946. The largest absolute Gasteiger partial charge is 0.494 e. The van der Waals surface area contributed by atoms with Crippen molar-refractivity contribution in [3.63, 3.8) is 0 Å². The standard InChI is InChI=1S/C22H23F2N3O3/c1-5-30-19-10-18(13(2)8-14(19)3)25-22-26-21(28)20(29-4)12-27(22)11-15-6-7-16(23)17(24)9-15/h6-10,12H,5,11H2,1-4H3,(H,25,26,28). The van der Waals surface area contributed by atoms with Gasteiger partial charge in [0, 0.05) is 11.8 Å². The number of hydrogen-bond acceptors (Lipinski definition) is 5. The third-order valence-electron chi connectivity index (χ3n) is 4.59. The molecule has 0 bridgehead atoms. The van der Waals surface area contributed by atoms with Crippen LogP contribution in [0, 0.1) is 25.5 Å². The van der Waals surface area contributed by atoms with Crippen LogP contribution in [0.2, 0.25) is 0 Å². The van der Waals surface area contributed by atoms with Crippen LogP contribution < -0.4 is 20.3 Å². The van der Waals surface area contributed by atoms with E-state index in [0.29, 0.717) is 23.6 Å². The van der Waals surface area contributed by atoms with Crippen LogP contribution in [0.1, 0.15) is 23.6 Å². The molecule has 0 atom stereocenters. The summed E-state index contributed by atoms with van der Waals surface area (Å²) in [6, 6.07) is 7.44. The van der Waals surface area contributed by atoms with Gasteiger partial charge in [-0.05, 0) is 49.6 Å². The van der Waals surface area contributed by atoms with Crippen molar-refractivity contribution in [1.29, 1.82) is 0 Å². The molecule has 0 amide bonds. The summed E-state index contributed by atoms with van der Waals surface area (Å²) in [5.41, 5.74) is 2.58. The lowest BCUT2D eigenvalue weighted by Crippen LogP contribution is -2.19.